The van der Waals surface area contributed by atoms with E-state index < -0.39 is 6.10 Å². The molecular weight excluding hydrogens is 261 g/mol. The van der Waals surface area contributed by atoms with Gasteiger partial charge in [0, 0.05) is 36.2 Å². The van der Waals surface area contributed by atoms with Crippen molar-refractivity contribution in [1.29, 1.82) is 0 Å². The lowest BCUT2D eigenvalue weighted by Gasteiger charge is -2.22. The Morgan fingerprint density at radius 2 is 2.12 bits per heavy atom. The second-order valence-electron chi connectivity index (χ2n) is 3.86. The number of nitrogens with two attached hydrogens (primary N) is 1. The van der Waals surface area contributed by atoms with Crippen LogP contribution >= 0.6 is 23.2 Å². The molecule has 0 spiro atoms. The van der Waals surface area contributed by atoms with Gasteiger partial charge in [0.05, 0.1) is 6.10 Å². The van der Waals surface area contributed by atoms with E-state index in [1.807, 2.05) is 0 Å². The summed E-state index contributed by atoms with van der Waals surface area (Å²) in [5.74, 6) is -0.199. The molecule has 0 aromatic heterocycles. The Morgan fingerprint density at radius 3 is 2.65 bits per heavy atom. The van der Waals surface area contributed by atoms with E-state index in [4.69, 9.17) is 33.7 Å². The summed E-state index contributed by atoms with van der Waals surface area (Å²) in [6, 6.07) is 5.21. The molecule has 0 heterocycles. The van der Waals surface area contributed by atoms with Crippen LogP contribution in [0.3, 0.4) is 0 Å². The van der Waals surface area contributed by atoms with Crippen LogP contribution in [0.15, 0.2) is 18.2 Å². The molecule has 0 aliphatic heterocycles. The molecular formula is C12H17Cl2NO2. The van der Waals surface area contributed by atoms with E-state index in [2.05, 4.69) is 0 Å². The van der Waals surface area contributed by atoms with Crippen LogP contribution in [-0.4, -0.2) is 31.5 Å². The van der Waals surface area contributed by atoms with Gasteiger partial charge in [0.15, 0.2) is 0 Å². The molecule has 2 unspecified atom stereocenters. The number of aliphatic hydroxyl groups is 1. The fourth-order valence-corrected chi connectivity index (χ4v) is 2.28. The molecule has 2 atom stereocenters. The average Bonchev–Trinajstić information content (AvgIpc) is 2.30. The smallest absolute Gasteiger partial charge is 0.0643 e. The van der Waals surface area contributed by atoms with Crippen molar-refractivity contribution in [2.75, 3.05) is 20.3 Å². The highest BCUT2D eigenvalue weighted by molar-refractivity contribution is 6.35. The highest BCUT2D eigenvalue weighted by atomic mass is 35.5. The Bertz CT molecular complexity index is 360. The Hall–Kier alpha value is -0.320. The quantitative estimate of drug-likeness (QED) is 0.840. The first kappa shape index (κ1) is 14.7. The maximum atomic E-state index is 10.0. The van der Waals surface area contributed by atoms with Crippen molar-refractivity contribution in [3.05, 3.63) is 33.8 Å². The van der Waals surface area contributed by atoms with E-state index in [0.29, 0.717) is 29.6 Å². The maximum Gasteiger partial charge on any atom is 0.0643 e. The van der Waals surface area contributed by atoms with Crippen LogP contribution in [0.4, 0.5) is 0 Å². The van der Waals surface area contributed by atoms with Crippen molar-refractivity contribution < 1.29 is 9.84 Å². The summed E-state index contributed by atoms with van der Waals surface area (Å²) >= 11 is 11.9. The Morgan fingerprint density at radius 1 is 1.41 bits per heavy atom. The van der Waals surface area contributed by atoms with Crippen molar-refractivity contribution in [2.45, 2.75) is 18.4 Å². The normalized spacial score (nSPS) is 14.6. The number of hydrogen-bond acceptors (Lipinski definition) is 3. The van der Waals surface area contributed by atoms with Gasteiger partial charge in [0.1, 0.15) is 0 Å². The highest BCUT2D eigenvalue weighted by Gasteiger charge is 2.21. The molecule has 0 aliphatic carbocycles. The zero-order chi connectivity index (χ0) is 12.8. The van der Waals surface area contributed by atoms with Crippen LogP contribution in [-0.2, 0) is 4.74 Å². The van der Waals surface area contributed by atoms with Gasteiger partial charge >= 0.3 is 0 Å². The number of methoxy groups -OCH3 is 1. The maximum absolute atomic E-state index is 10.0. The summed E-state index contributed by atoms with van der Waals surface area (Å²) in [6.45, 7) is 0.815. The van der Waals surface area contributed by atoms with E-state index in [1.54, 1.807) is 25.3 Å². The average molecular weight is 278 g/mol. The first-order valence-electron chi connectivity index (χ1n) is 5.42. The van der Waals surface area contributed by atoms with Crippen LogP contribution < -0.4 is 5.73 Å². The predicted octanol–water partition coefficient (Wildman–Crippen LogP) is 2.43. The molecule has 5 heteroatoms. The van der Waals surface area contributed by atoms with Gasteiger partial charge in [-0.15, -0.1) is 0 Å². The monoisotopic (exact) mass is 277 g/mol. The lowest BCUT2D eigenvalue weighted by Crippen LogP contribution is -2.27. The van der Waals surface area contributed by atoms with Crippen molar-refractivity contribution in [1.82, 2.24) is 0 Å². The Balaban J connectivity index is 2.85. The largest absolute Gasteiger partial charge is 0.392 e. The van der Waals surface area contributed by atoms with Gasteiger partial charge in [-0.2, -0.15) is 0 Å². The van der Waals surface area contributed by atoms with E-state index in [1.165, 1.54) is 0 Å². The molecule has 3 nitrogen and oxygen atoms in total. The van der Waals surface area contributed by atoms with Gasteiger partial charge in [-0.1, -0.05) is 29.3 Å². The summed E-state index contributed by atoms with van der Waals surface area (Å²) in [4.78, 5) is 0. The zero-order valence-corrected chi connectivity index (χ0v) is 11.2. The molecule has 0 bridgehead atoms. The minimum atomic E-state index is -0.571. The van der Waals surface area contributed by atoms with Crippen LogP contribution in [0.5, 0.6) is 0 Å². The molecule has 0 saturated carbocycles. The summed E-state index contributed by atoms with van der Waals surface area (Å²) < 4.78 is 4.94. The zero-order valence-electron chi connectivity index (χ0n) is 9.70. The summed E-state index contributed by atoms with van der Waals surface area (Å²) in [5, 5.41) is 11.1. The first-order chi connectivity index (χ1) is 8.10. The molecule has 1 rings (SSSR count). The van der Waals surface area contributed by atoms with Gasteiger partial charge in [-0.3, -0.25) is 0 Å². The standard InChI is InChI=1S/C12H17Cl2NO2/c1-17-5-4-12(16)10(7-15)9-3-2-8(13)6-11(9)14/h2-3,6,10,12,16H,4-5,7,15H2,1H3. The molecule has 96 valence electrons. The van der Waals surface area contributed by atoms with Crippen molar-refractivity contribution >= 4 is 23.2 Å². The summed E-state index contributed by atoms with van der Waals surface area (Å²) in [6.07, 6.45) is -0.0456. The lowest BCUT2D eigenvalue weighted by atomic mass is 9.92. The molecule has 3 N–H and O–H groups in total. The SMILES string of the molecule is COCCC(O)C(CN)c1ccc(Cl)cc1Cl. The number of aliphatic hydroxyl groups excluding tert-OH is 1. The minimum Gasteiger partial charge on any atom is -0.392 e. The number of halogens is 2. The van der Waals surface area contributed by atoms with Gasteiger partial charge in [0.25, 0.3) is 0 Å². The molecule has 0 saturated heterocycles. The van der Waals surface area contributed by atoms with Crippen molar-refractivity contribution in [2.24, 2.45) is 5.73 Å². The van der Waals surface area contributed by atoms with Gasteiger partial charge in [0.2, 0.25) is 0 Å². The fraction of sp³-hybridized carbons (Fsp3) is 0.500. The number of hydrogen-bond donors (Lipinski definition) is 2. The lowest BCUT2D eigenvalue weighted by molar-refractivity contribution is 0.0920. The van der Waals surface area contributed by atoms with E-state index in [-0.39, 0.29) is 5.92 Å². The summed E-state index contributed by atoms with van der Waals surface area (Å²) in [7, 11) is 1.60. The minimum absolute atomic E-state index is 0.199. The second-order valence-corrected chi connectivity index (χ2v) is 4.70. The van der Waals surface area contributed by atoms with Crippen LogP contribution in [0.2, 0.25) is 10.0 Å². The van der Waals surface area contributed by atoms with Crippen LogP contribution in [0, 0.1) is 0 Å². The van der Waals surface area contributed by atoms with Gasteiger partial charge < -0.3 is 15.6 Å². The molecule has 1 aromatic rings. The Kier molecular flexibility index (Phi) is 6.23. The fourth-order valence-electron chi connectivity index (χ4n) is 1.73. The molecule has 0 fully saturated rings. The number of benzene rings is 1. The highest BCUT2D eigenvalue weighted by Crippen LogP contribution is 2.30. The van der Waals surface area contributed by atoms with Gasteiger partial charge in [-0.25, -0.2) is 0 Å². The second kappa shape index (κ2) is 7.19. The number of ether oxygens (including phenoxy) is 1. The summed E-state index contributed by atoms with van der Waals surface area (Å²) in [5.41, 5.74) is 6.51. The topological polar surface area (TPSA) is 55.5 Å². The van der Waals surface area contributed by atoms with E-state index >= 15 is 0 Å². The molecule has 0 amide bonds. The van der Waals surface area contributed by atoms with Crippen LogP contribution in [0.25, 0.3) is 0 Å². The molecule has 0 radical (unpaired) electrons. The third-order valence-corrected chi connectivity index (χ3v) is 3.26. The number of rotatable bonds is 6. The first-order valence-corrected chi connectivity index (χ1v) is 6.17. The van der Waals surface area contributed by atoms with E-state index in [9.17, 15) is 5.11 Å². The van der Waals surface area contributed by atoms with Crippen molar-refractivity contribution in [3.8, 4) is 0 Å². The van der Waals surface area contributed by atoms with Gasteiger partial charge in [-0.05, 0) is 24.1 Å². The van der Waals surface area contributed by atoms with Crippen molar-refractivity contribution in [3.63, 3.8) is 0 Å². The molecule has 1 aromatic carbocycles. The molecule has 17 heavy (non-hydrogen) atoms. The third-order valence-electron chi connectivity index (χ3n) is 2.70. The molecule has 0 aliphatic rings. The predicted molar refractivity (Wildman–Crippen MR) is 70.8 cm³/mol. The third kappa shape index (κ3) is 4.12. The van der Waals surface area contributed by atoms with Crippen LogP contribution in [0.1, 0.15) is 17.9 Å². The Labute approximate surface area is 111 Å². The van der Waals surface area contributed by atoms with E-state index in [0.717, 1.165) is 5.56 Å².